The van der Waals surface area contributed by atoms with Crippen molar-refractivity contribution in [3.05, 3.63) is 34.3 Å². The third kappa shape index (κ3) is 3.05. The minimum Gasteiger partial charge on any atom is -0.334 e. The Morgan fingerprint density at radius 3 is 2.78 bits per heavy atom. The van der Waals surface area contributed by atoms with Crippen LogP contribution in [0.1, 0.15) is 31.4 Å². The number of carbonyl (C=O) groups is 1. The summed E-state index contributed by atoms with van der Waals surface area (Å²) in [7, 11) is 0. The number of hydrogen-bond donors (Lipinski definition) is 1. The van der Waals surface area contributed by atoms with Gasteiger partial charge in [0, 0.05) is 11.0 Å². The number of likely N-dealkylation sites (tertiary alicyclic amines) is 1. The lowest BCUT2D eigenvalue weighted by Crippen LogP contribution is -2.41. The monoisotopic (exact) mass is 332 g/mol. The van der Waals surface area contributed by atoms with E-state index in [0.717, 1.165) is 23.9 Å². The zero-order valence-corrected chi connectivity index (χ0v) is 12.7. The molecule has 2 rings (SSSR count). The fourth-order valence-corrected chi connectivity index (χ4v) is 2.91. The van der Waals surface area contributed by atoms with Crippen molar-refractivity contribution in [2.75, 3.05) is 6.54 Å². The molecule has 0 spiro atoms. The maximum Gasteiger partial charge on any atom is 0.239 e. The van der Waals surface area contributed by atoms with Crippen molar-refractivity contribution in [2.45, 2.75) is 31.8 Å². The van der Waals surface area contributed by atoms with Crippen molar-refractivity contribution >= 4 is 34.2 Å². The maximum absolute atomic E-state index is 12.0. The van der Waals surface area contributed by atoms with Gasteiger partial charge in [0.25, 0.3) is 0 Å². The lowest BCUT2D eigenvalue weighted by Gasteiger charge is -2.27. The largest absolute Gasteiger partial charge is 0.334 e. The van der Waals surface area contributed by atoms with Crippen LogP contribution >= 0.6 is 28.3 Å². The first-order chi connectivity index (χ1) is 8.11. The van der Waals surface area contributed by atoms with Gasteiger partial charge in [-0.2, -0.15) is 0 Å². The second-order valence-electron chi connectivity index (χ2n) is 4.50. The molecule has 0 bridgehead atoms. The Kier molecular flexibility index (Phi) is 5.63. The van der Waals surface area contributed by atoms with E-state index in [2.05, 4.69) is 22.0 Å². The van der Waals surface area contributed by atoms with Crippen molar-refractivity contribution in [3.8, 4) is 0 Å². The van der Waals surface area contributed by atoms with Crippen LogP contribution in [0, 0.1) is 0 Å². The van der Waals surface area contributed by atoms with Gasteiger partial charge in [0.1, 0.15) is 0 Å². The third-order valence-corrected chi connectivity index (χ3v) is 3.91. The van der Waals surface area contributed by atoms with Crippen LogP contribution in [0.2, 0.25) is 0 Å². The van der Waals surface area contributed by atoms with Crippen molar-refractivity contribution in [1.82, 2.24) is 4.90 Å². The third-order valence-electron chi connectivity index (χ3n) is 3.19. The van der Waals surface area contributed by atoms with Gasteiger partial charge in [-0.25, -0.2) is 0 Å². The van der Waals surface area contributed by atoms with Gasteiger partial charge >= 0.3 is 0 Å². The Hall–Kier alpha value is -0.580. The first kappa shape index (κ1) is 15.5. The van der Waals surface area contributed by atoms with Crippen molar-refractivity contribution < 1.29 is 4.79 Å². The van der Waals surface area contributed by atoms with Crippen LogP contribution in [0.4, 0.5) is 0 Å². The van der Waals surface area contributed by atoms with Crippen LogP contribution in [-0.4, -0.2) is 23.4 Å². The van der Waals surface area contributed by atoms with Gasteiger partial charge in [0.15, 0.2) is 0 Å². The van der Waals surface area contributed by atoms with Crippen LogP contribution < -0.4 is 5.73 Å². The molecule has 1 aliphatic heterocycles. The molecule has 1 aliphatic rings. The number of carbonyl (C=O) groups excluding carboxylic acids is 1. The van der Waals surface area contributed by atoms with Crippen LogP contribution in [-0.2, 0) is 4.79 Å². The van der Waals surface area contributed by atoms with Crippen LogP contribution in [0.25, 0.3) is 0 Å². The molecule has 0 saturated carbocycles. The first-order valence-electron chi connectivity index (χ1n) is 5.91. The molecule has 0 aliphatic carbocycles. The Bertz CT molecular complexity index is 425. The number of nitrogens with zero attached hydrogens (tertiary/aromatic N) is 1. The van der Waals surface area contributed by atoms with Gasteiger partial charge in [0.2, 0.25) is 5.91 Å². The lowest BCUT2D eigenvalue weighted by molar-refractivity contribution is -0.133. The Morgan fingerprint density at radius 2 is 2.17 bits per heavy atom. The summed E-state index contributed by atoms with van der Waals surface area (Å²) < 4.78 is 1.06. The van der Waals surface area contributed by atoms with Gasteiger partial charge in [0.05, 0.1) is 12.1 Å². The van der Waals surface area contributed by atoms with Crippen LogP contribution in [0.5, 0.6) is 0 Å². The van der Waals surface area contributed by atoms with Gasteiger partial charge in [-0.1, -0.05) is 34.1 Å². The topological polar surface area (TPSA) is 46.3 Å². The van der Waals surface area contributed by atoms with Crippen molar-refractivity contribution in [1.29, 1.82) is 0 Å². The predicted octanol–water partition coefficient (Wildman–Crippen LogP) is 2.88. The molecule has 0 radical (unpaired) electrons. The fourth-order valence-electron chi connectivity index (χ4n) is 2.36. The van der Waals surface area contributed by atoms with Crippen molar-refractivity contribution in [3.63, 3.8) is 0 Å². The zero-order chi connectivity index (χ0) is 12.4. The minimum atomic E-state index is -0.418. The zero-order valence-electron chi connectivity index (χ0n) is 10.3. The highest BCUT2D eigenvalue weighted by Crippen LogP contribution is 2.35. The average molecular weight is 334 g/mol. The number of nitrogens with two attached hydrogens (primary N) is 1. The van der Waals surface area contributed by atoms with E-state index in [0.29, 0.717) is 0 Å². The van der Waals surface area contributed by atoms with E-state index in [9.17, 15) is 4.79 Å². The van der Waals surface area contributed by atoms with Gasteiger partial charge in [-0.05, 0) is 31.4 Å². The van der Waals surface area contributed by atoms with E-state index in [4.69, 9.17) is 5.73 Å². The number of halogens is 2. The molecule has 5 heteroatoms. The molecule has 1 aromatic carbocycles. The van der Waals surface area contributed by atoms with Crippen LogP contribution in [0.15, 0.2) is 28.7 Å². The molecule has 1 amide bonds. The molecule has 1 saturated heterocycles. The summed E-state index contributed by atoms with van der Waals surface area (Å²) in [5.74, 6) is 0.0447. The summed E-state index contributed by atoms with van der Waals surface area (Å²) >= 11 is 3.55. The van der Waals surface area contributed by atoms with Gasteiger partial charge < -0.3 is 10.6 Å². The van der Waals surface area contributed by atoms with Gasteiger partial charge in [-0.15, -0.1) is 12.4 Å². The highest BCUT2D eigenvalue weighted by Gasteiger charge is 2.32. The molecule has 100 valence electrons. The molecule has 3 nitrogen and oxygen atoms in total. The summed E-state index contributed by atoms with van der Waals surface area (Å²) in [6, 6.07) is 7.83. The number of benzene rings is 1. The summed E-state index contributed by atoms with van der Waals surface area (Å²) in [5.41, 5.74) is 6.87. The Labute approximate surface area is 122 Å². The van der Waals surface area contributed by atoms with E-state index in [1.165, 1.54) is 5.56 Å². The number of hydrogen-bond acceptors (Lipinski definition) is 2. The summed E-state index contributed by atoms with van der Waals surface area (Å²) in [4.78, 5) is 13.9. The molecular formula is C13H18BrClN2O. The smallest absolute Gasteiger partial charge is 0.239 e. The van der Waals surface area contributed by atoms with Gasteiger partial charge in [-0.3, -0.25) is 4.79 Å². The quantitative estimate of drug-likeness (QED) is 0.904. The normalized spacial score (nSPS) is 20.4. The summed E-state index contributed by atoms with van der Waals surface area (Å²) in [6.07, 6.45) is 2.06. The second-order valence-corrected chi connectivity index (χ2v) is 5.35. The molecular weight excluding hydrogens is 316 g/mol. The highest BCUT2D eigenvalue weighted by atomic mass is 79.9. The Balaban J connectivity index is 0.00000162. The minimum absolute atomic E-state index is 0. The highest BCUT2D eigenvalue weighted by molar-refractivity contribution is 9.10. The van der Waals surface area contributed by atoms with Crippen LogP contribution in [0.3, 0.4) is 0 Å². The average Bonchev–Trinajstić information content (AvgIpc) is 2.77. The first-order valence-corrected chi connectivity index (χ1v) is 6.71. The van der Waals surface area contributed by atoms with E-state index in [1.54, 1.807) is 6.92 Å². The fraction of sp³-hybridized carbons (Fsp3) is 0.462. The summed E-state index contributed by atoms with van der Waals surface area (Å²) in [5, 5.41) is 0. The van der Waals surface area contributed by atoms with E-state index >= 15 is 0 Å². The maximum atomic E-state index is 12.0. The van der Waals surface area contributed by atoms with E-state index < -0.39 is 6.04 Å². The molecule has 1 fully saturated rings. The number of rotatable bonds is 2. The van der Waals surface area contributed by atoms with Crippen molar-refractivity contribution in [2.24, 2.45) is 5.73 Å². The van der Waals surface area contributed by atoms with E-state index in [1.807, 2.05) is 23.1 Å². The summed E-state index contributed by atoms with van der Waals surface area (Å²) in [6.45, 7) is 2.56. The molecule has 0 aromatic heterocycles. The molecule has 2 unspecified atom stereocenters. The molecule has 1 aromatic rings. The SMILES string of the molecule is CC(N)C(=O)N1CCCC1c1ccccc1Br.Cl. The Morgan fingerprint density at radius 1 is 1.50 bits per heavy atom. The van der Waals surface area contributed by atoms with E-state index in [-0.39, 0.29) is 24.4 Å². The lowest BCUT2D eigenvalue weighted by atomic mass is 10.0. The number of amides is 1. The molecule has 1 heterocycles. The molecule has 18 heavy (non-hydrogen) atoms. The second kappa shape index (κ2) is 6.55. The molecule has 2 N–H and O–H groups in total. The molecule has 2 atom stereocenters. The standard InChI is InChI=1S/C13H17BrN2O.ClH/c1-9(15)13(17)16-8-4-7-12(16)10-5-2-3-6-11(10)14;/h2-3,5-6,9,12H,4,7-8,15H2,1H3;1H. The predicted molar refractivity (Wildman–Crippen MR) is 78.7 cm³/mol.